The largest absolute Gasteiger partial charge is 0.427 e. The highest BCUT2D eigenvalue weighted by Crippen LogP contribution is 2.29. The van der Waals surface area contributed by atoms with E-state index in [2.05, 4.69) is 5.32 Å². The molecule has 0 bridgehead atoms. The predicted octanol–water partition coefficient (Wildman–Crippen LogP) is 4.74. The van der Waals surface area contributed by atoms with Crippen LogP contribution in [0.2, 0.25) is 5.02 Å². The lowest BCUT2D eigenvalue weighted by atomic mass is 10.1. The molecule has 6 nitrogen and oxygen atoms in total. The van der Waals surface area contributed by atoms with Gasteiger partial charge in [0.2, 0.25) is 5.78 Å². The van der Waals surface area contributed by atoms with Crippen molar-refractivity contribution in [2.75, 3.05) is 0 Å². The van der Waals surface area contributed by atoms with E-state index in [0.29, 0.717) is 22.0 Å². The molecule has 0 aliphatic carbocycles. The molecule has 0 heterocycles. The number of esters is 1. The standard InChI is InChI=1S/C23H27ClN2O4/c1-14(25)21(22(28)17-10-12-18(13-11-17)29-16(3)27)26-23(4,5)30-15(2)19-8-6-7-9-20(19)24/h6-13,15,26H,25H2,1-5H3. The molecule has 2 aromatic carbocycles. The van der Waals surface area contributed by atoms with Crippen LogP contribution >= 0.6 is 11.6 Å². The molecule has 0 fully saturated rings. The quantitative estimate of drug-likeness (QED) is 0.206. The summed E-state index contributed by atoms with van der Waals surface area (Å²) in [5.41, 5.74) is 6.87. The summed E-state index contributed by atoms with van der Waals surface area (Å²) in [5.74, 6) is -0.369. The van der Waals surface area contributed by atoms with Crippen LogP contribution < -0.4 is 15.8 Å². The highest BCUT2D eigenvalue weighted by atomic mass is 35.5. The zero-order valence-electron chi connectivity index (χ0n) is 17.8. The molecule has 30 heavy (non-hydrogen) atoms. The molecule has 1 atom stereocenters. The maximum atomic E-state index is 13.0. The lowest BCUT2D eigenvalue weighted by Gasteiger charge is -2.32. The molecular weight excluding hydrogens is 404 g/mol. The van der Waals surface area contributed by atoms with Crippen LogP contribution in [0.15, 0.2) is 59.9 Å². The van der Waals surface area contributed by atoms with Crippen LogP contribution in [0, 0.1) is 0 Å². The van der Waals surface area contributed by atoms with Gasteiger partial charge in [-0.05, 0) is 63.6 Å². The Labute approximate surface area is 182 Å². The maximum Gasteiger partial charge on any atom is 0.308 e. The smallest absolute Gasteiger partial charge is 0.308 e. The van der Waals surface area contributed by atoms with Crippen LogP contribution in [0.5, 0.6) is 5.75 Å². The highest BCUT2D eigenvalue weighted by Gasteiger charge is 2.27. The van der Waals surface area contributed by atoms with Gasteiger partial charge in [-0.3, -0.25) is 9.59 Å². The number of Topliss-reactive ketones (excluding diaryl/α,β-unsaturated/α-hetero) is 1. The number of carbonyl (C=O) groups excluding carboxylic acids is 2. The molecule has 160 valence electrons. The van der Waals surface area contributed by atoms with Gasteiger partial charge in [0, 0.05) is 23.2 Å². The summed E-state index contributed by atoms with van der Waals surface area (Å²) in [6, 6.07) is 13.7. The van der Waals surface area contributed by atoms with E-state index in [4.69, 9.17) is 26.8 Å². The number of nitrogens with one attached hydrogen (secondary N) is 1. The van der Waals surface area contributed by atoms with E-state index in [0.717, 1.165) is 5.56 Å². The molecule has 1 unspecified atom stereocenters. The first-order valence-corrected chi connectivity index (χ1v) is 9.88. The Morgan fingerprint density at radius 3 is 2.20 bits per heavy atom. The van der Waals surface area contributed by atoms with Crippen molar-refractivity contribution >= 4 is 23.4 Å². The molecule has 3 N–H and O–H groups in total. The molecule has 0 amide bonds. The molecule has 0 radical (unpaired) electrons. The molecule has 0 aliphatic rings. The van der Waals surface area contributed by atoms with E-state index in [1.807, 2.05) is 25.1 Å². The van der Waals surface area contributed by atoms with E-state index in [1.165, 1.54) is 6.92 Å². The van der Waals surface area contributed by atoms with Crippen molar-refractivity contribution in [3.8, 4) is 5.75 Å². The van der Waals surface area contributed by atoms with Crippen molar-refractivity contribution in [2.45, 2.75) is 46.4 Å². The average molecular weight is 431 g/mol. The zero-order chi connectivity index (χ0) is 22.5. The van der Waals surface area contributed by atoms with Crippen molar-refractivity contribution in [1.82, 2.24) is 5.32 Å². The van der Waals surface area contributed by atoms with Gasteiger partial charge in [0.25, 0.3) is 0 Å². The van der Waals surface area contributed by atoms with E-state index in [9.17, 15) is 9.59 Å². The third-order valence-electron chi connectivity index (χ3n) is 4.24. The molecule has 0 saturated heterocycles. The fourth-order valence-corrected chi connectivity index (χ4v) is 3.25. The second-order valence-corrected chi connectivity index (χ2v) is 7.83. The Morgan fingerprint density at radius 2 is 1.67 bits per heavy atom. The van der Waals surface area contributed by atoms with Gasteiger partial charge in [0.1, 0.15) is 17.2 Å². The molecule has 7 heteroatoms. The summed E-state index contributed by atoms with van der Waals surface area (Å²) < 4.78 is 11.1. The first-order valence-electron chi connectivity index (χ1n) is 9.50. The minimum atomic E-state index is -0.915. The lowest BCUT2D eigenvalue weighted by Crippen LogP contribution is -2.44. The lowest BCUT2D eigenvalue weighted by molar-refractivity contribution is -0.131. The van der Waals surface area contributed by atoms with E-state index >= 15 is 0 Å². The number of allylic oxidation sites excluding steroid dienone is 2. The van der Waals surface area contributed by atoms with Crippen LogP contribution in [0.25, 0.3) is 0 Å². The normalized spacial score (nSPS) is 13.3. The number of ketones is 1. The highest BCUT2D eigenvalue weighted by molar-refractivity contribution is 6.31. The third kappa shape index (κ3) is 6.34. The fraction of sp³-hybridized carbons (Fsp3) is 0.304. The maximum absolute atomic E-state index is 13.0. The topological polar surface area (TPSA) is 90.7 Å². The van der Waals surface area contributed by atoms with Gasteiger partial charge >= 0.3 is 5.97 Å². The zero-order valence-corrected chi connectivity index (χ0v) is 18.5. The number of rotatable bonds is 8. The Balaban J connectivity index is 2.17. The Hall–Kier alpha value is -2.83. The van der Waals surface area contributed by atoms with Gasteiger partial charge in [-0.1, -0.05) is 29.8 Å². The Bertz CT molecular complexity index is 948. The summed E-state index contributed by atoms with van der Waals surface area (Å²) in [4.78, 5) is 24.1. The van der Waals surface area contributed by atoms with Crippen molar-refractivity contribution in [1.29, 1.82) is 0 Å². The van der Waals surface area contributed by atoms with Gasteiger partial charge < -0.3 is 20.5 Å². The summed E-state index contributed by atoms with van der Waals surface area (Å²) in [6.07, 6.45) is -0.321. The van der Waals surface area contributed by atoms with Crippen LogP contribution in [-0.4, -0.2) is 17.5 Å². The second-order valence-electron chi connectivity index (χ2n) is 7.42. The first kappa shape index (κ1) is 23.4. The van der Waals surface area contributed by atoms with Crippen molar-refractivity contribution < 1.29 is 19.1 Å². The van der Waals surface area contributed by atoms with E-state index < -0.39 is 11.7 Å². The second kappa shape index (κ2) is 9.78. The molecule has 2 aromatic rings. The van der Waals surface area contributed by atoms with Crippen molar-refractivity contribution in [2.24, 2.45) is 5.73 Å². The van der Waals surface area contributed by atoms with Gasteiger partial charge in [-0.15, -0.1) is 0 Å². The van der Waals surface area contributed by atoms with Crippen LogP contribution in [0.1, 0.15) is 56.6 Å². The number of nitrogens with two attached hydrogens (primary N) is 1. The summed E-state index contributed by atoms with van der Waals surface area (Å²) >= 11 is 6.26. The van der Waals surface area contributed by atoms with Gasteiger partial charge in [0.15, 0.2) is 0 Å². The molecule has 0 aliphatic heterocycles. The summed E-state index contributed by atoms with van der Waals surface area (Å²) in [6.45, 7) is 8.45. The minimum Gasteiger partial charge on any atom is -0.427 e. The monoisotopic (exact) mass is 430 g/mol. The molecule has 2 rings (SSSR count). The molecule has 0 saturated carbocycles. The first-order chi connectivity index (χ1) is 14.0. The van der Waals surface area contributed by atoms with Crippen molar-refractivity contribution in [3.63, 3.8) is 0 Å². The summed E-state index contributed by atoms with van der Waals surface area (Å²) in [5, 5.41) is 3.72. The Kier molecular flexibility index (Phi) is 7.65. The fourth-order valence-electron chi connectivity index (χ4n) is 2.96. The van der Waals surface area contributed by atoms with Gasteiger partial charge in [0.05, 0.1) is 6.10 Å². The van der Waals surface area contributed by atoms with Crippen LogP contribution in [-0.2, 0) is 9.53 Å². The van der Waals surface area contributed by atoms with Gasteiger partial charge in [-0.2, -0.15) is 0 Å². The van der Waals surface area contributed by atoms with Crippen LogP contribution in [0.4, 0.5) is 0 Å². The van der Waals surface area contributed by atoms with Crippen LogP contribution in [0.3, 0.4) is 0 Å². The molecule has 0 spiro atoms. The third-order valence-corrected chi connectivity index (χ3v) is 4.58. The summed E-state index contributed by atoms with van der Waals surface area (Å²) in [7, 11) is 0. The number of ether oxygens (including phenoxy) is 2. The molecular formula is C23H27ClN2O4. The van der Waals surface area contributed by atoms with Crippen molar-refractivity contribution in [3.05, 3.63) is 76.1 Å². The number of benzene rings is 2. The number of carbonyl (C=O) groups is 2. The van der Waals surface area contributed by atoms with E-state index in [1.54, 1.807) is 51.1 Å². The SMILES string of the molecule is CC(=O)Oc1ccc(C(=O)C(NC(C)(C)OC(C)c2ccccc2Cl)=C(C)N)cc1. The van der Waals surface area contributed by atoms with E-state index in [-0.39, 0.29) is 17.6 Å². The number of halogens is 1. The minimum absolute atomic E-state index is 0.228. The average Bonchev–Trinajstić information content (AvgIpc) is 2.65. The Morgan fingerprint density at radius 1 is 1.07 bits per heavy atom. The van der Waals surface area contributed by atoms with Gasteiger partial charge in [-0.25, -0.2) is 0 Å². The number of hydrogen-bond donors (Lipinski definition) is 2. The molecule has 0 aromatic heterocycles. The number of hydrogen-bond acceptors (Lipinski definition) is 6. The predicted molar refractivity (Wildman–Crippen MR) is 117 cm³/mol.